The van der Waals surface area contributed by atoms with Crippen LogP contribution in [0.1, 0.15) is 64.4 Å². The molecule has 0 heterocycles. The summed E-state index contributed by atoms with van der Waals surface area (Å²) in [6, 6.07) is 20.2. The van der Waals surface area contributed by atoms with Crippen molar-refractivity contribution in [2.45, 2.75) is 58.8 Å². The lowest BCUT2D eigenvalue weighted by Gasteiger charge is -2.06. The fraction of sp³-hybridized carbons (Fsp3) is 0.367. The average molecular weight is 488 g/mol. The first kappa shape index (κ1) is 26.9. The summed E-state index contributed by atoms with van der Waals surface area (Å²) in [5, 5.41) is 18.8. The average Bonchev–Trinajstić information content (AvgIpc) is 2.91. The maximum Gasteiger partial charge on any atom is 0.124 e. The minimum Gasteiger partial charge on any atom is -0.507 e. The van der Waals surface area contributed by atoms with Crippen molar-refractivity contribution in [3.8, 4) is 17.2 Å². The molecule has 0 unspecified atom stereocenters. The van der Waals surface area contributed by atoms with Crippen LogP contribution in [0.25, 0.3) is 0 Å². The van der Waals surface area contributed by atoms with E-state index in [1.165, 1.54) is 25.7 Å². The molecular formula is C30H37N3O3. The van der Waals surface area contributed by atoms with Crippen LogP contribution in [-0.2, 0) is 0 Å². The van der Waals surface area contributed by atoms with E-state index >= 15 is 0 Å². The molecule has 6 nitrogen and oxygen atoms in total. The Balaban J connectivity index is 1.54. The normalized spacial score (nSPS) is 11.4. The fourth-order valence-electron chi connectivity index (χ4n) is 3.43. The van der Waals surface area contributed by atoms with E-state index in [1.54, 1.807) is 24.4 Å². The lowest BCUT2D eigenvalue weighted by molar-refractivity contribution is 0.304. The number of rotatable bonds is 15. The van der Waals surface area contributed by atoms with Crippen LogP contribution in [0.3, 0.4) is 0 Å². The summed E-state index contributed by atoms with van der Waals surface area (Å²) in [6.45, 7) is 5.80. The van der Waals surface area contributed by atoms with Gasteiger partial charge in [-0.25, -0.2) is 0 Å². The van der Waals surface area contributed by atoms with E-state index in [4.69, 9.17) is 9.47 Å². The molecule has 0 bridgehead atoms. The number of azo groups is 1. The van der Waals surface area contributed by atoms with E-state index in [-0.39, 0.29) is 5.75 Å². The van der Waals surface area contributed by atoms with Crippen molar-refractivity contribution in [3.63, 3.8) is 0 Å². The molecule has 3 aromatic rings. The summed E-state index contributed by atoms with van der Waals surface area (Å²) in [6.07, 6.45) is 9.85. The van der Waals surface area contributed by atoms with E-state index in [9.17, 15) is 5.11 Å². The summed E-state index contributed by atoms with van der Waals surface area (Å²) in [5.74, 6) is 1.80. The van der Waals surface area contributed by atoms with Gasteiger partial charge in [0.15, 0.2) is 0 Å². The molecule has 3 rings (SSSR count). The number of benzene rings is 3. The maximum atomic E-state index is 10.2. The minimum absolute atomic E-state index is 0.133. The van der Waals surface area contributed by atoms with Crippen molar-refractivity contribution in [2.75, 3.05) is 13.2 Å². The molecular weight excluding hydrogens is 450 g/mol. The molecule has 0 aromatic heterocycles. The van der Waals surface area contributed by atoms with Crippen molar-refractivity contribution in [3.05, 3.63) is 72.3 Å². The smallest absolute Gasteiger partial charge is 0.124 e. The number of phenols is 1. The fourth-order valence-corrected chi connectivity index (χ4v) is 3.43. The molecule has 0 spiro atoms. The third kappa shape index (κ3) is 9.53. The number of hydrogen-bond acceptors (Lipinski definition) is 6. The molecule has 3 aromatic carbocycles. The van der Waals surface area contributed by atoms with Crippen molar-refractivity contribution in [1.29, 1.82) is 0 Å². The molecule has 0 saturated carbocycles. The van der Waals surface area contributed by atoms with Gasteiger partial charge in [0, 0.05) is 11.8 Å². The zero-order valence-corrected chi connectivity index (χ0v) is 21.4. The first-order chi connectivity index (χ1) is 17.7. The number of phenolic OH excluding ortho intramolecular Hbond substituents is 1. The van der Waals surface area contributed by atoms with Gasteiger partial charge in [0.2, 0.25) is 0 Å². The SMILES string of the molecule is CCCCCCCOc1ccc(N=Nc2ccc(O)c(C=Nc3ccc(OCCCC)cc3)c2)cc1. The van der Waals surface area contributed by atoms with Gasteiger partial charge in [-0.1, -0.05) is 46.0 Å². The van der Waals surface area contributed by atoms with Crippen LogP contribution in [-0.4, -0.2) is 24.5 Å². The number of aliphatic imine (C=N–C) groups is 1. The highest BCUT2D eigenvalue weighted by Gasteiger charge is 2.02. The number of hydrogen-bond donors (Lipinski definition) is 1. The van der Waals surface area contributed by atoms with Gasteiger partial charge in [-0.3, -0.25) is 4.99 Å². The van der Waals surface area contributed by atoms with Crippen LogP contribution in [0.15, 0.2) is 82.0 Å². The largest absolute Gasteiger partial charge is 0.507 e. The molecule has 190 valence electrons. The quantitative estimate of drug-likeness (QED) is 0.132. The van der Waals surface area contributed by atoms with E-state index in [0.29, 0.717) is 17.9 Å². The molecule has 0 aliphatic heterocycles. The van der Waals surface area contributed by atoms with Gasteiger partial charge >= 0.3 is 0 Å². The molecule has 1 N–H and O–H groups in total. The lowest BCUT2D eigenvalue weighted by atomic mass is 10.2. The molecule has 0 atom stereocenters. The van der Waals surface area contributed by atoms with Crippen molar-refractivity contribution < 1.29 is 14.6 Å². The van der Waals surface area contributed by atoms with Gasteiger partial charge in [-0.05, 0) is 79.6 Å². The molecule has 6 heteroatoms. The van der Waals surface area contributed by atoms with Crippen LogP contribution < -0.4 is 9.47 Å². The predicted molar refractivity (Wildman–Crippen MR) is 147 cm³/mol. The van der Waals surface area contributed by atoms with Crippen LogP contribution in [0.5, 0.6) is 17.2 Å². The predicted octanol–water partition coefficient (Wildman–Crippen LogP) is 9.09. The molecule has 36 heavy (non-hydrogen) atoms. The molecule has 0 aliphatic rings. The summed E-state index contributed by atoms with van der Waals surface area (Å²) in [4.78, 5) is 4.46. The van der Waals surface area contributed by atoms with E-state index in [0.717, 1.165) is 48.7 Å². The molecule has 0 amide bonds. The van der Waals surface area contributed by atoms with Crippen molar-refractivity contribution in [1.82, 2.24) is 0 Å². The highest BCUT2D eigenvalue weighted by Crippen LogP contribution is 2.26. The zero-order valence-electron chi connectivity index (χ0n) is 21.4. The highest BCUT2D eigenvalue weighted by atomic mass is 16.5. The number of aromatic hydroxyl groups is 1. The Morgan fingerprint density at radius 1 is 0.639 bits per heavy atom. The third-order valence-corrected chi connectivity index (χ3v) is 5.60. The Morgan fingerprint density at radius 2 is 1.19 bits per heavy atom. The van der Waals surface area contributed by atoms with Gasteiger partial charge < -0.3 is 14.6 Å². The molecule has 0 radical (unpaired) electrons. The van der Waals surface area contributed by atoms with Crippen LogP contribution in [0.4, 0.5) is 17.1 Å². The standard InChI is InChI=1S/C30H37N3O3/c1-3-5-7-8-9-21-36-29-17-12-26(13-18-29)32-33-27-14-19-30(34)24(22-27)23-31-25-10-15-28(16-11-25)35-20-6-4-2/h10-19,22-23,34H,3-9,20-21H2,1-2H3. The Kier molecular flexibility index (Phi) is 11.5. The second-order valence-corrected chi connectivity index (χ2v) is 8.65. The number of nitrogens with zero attached hydrogens (tertiary/aromatic N) is 3. The van der Waals surface area contributed by atoms with Gasteiger partial charge in [0.05, 0.1) is 30.3 Å². The van der Waals surface area contributed by atoms with Gasteiger partial charge in [0.1, 0.15) is 17.2 Å². The van der Waals surface area contributed by atoms with E-state index < -0.39 is 0 Å². The Hall–Kier alpha value is -3.67. The first-order valence-corrected chi connectivity index (χ1v) is 12.9. The number of unbranched alkanes of at least 4 members (excludes halogenated alkanes) is 5. The summed E-state index contributed by atoms with van der Waals surface area (Å²) >= 11 is 0. The molecule has 0 fully saturated rings. The number of ether oxygens (including phenoxy) is 2. The van der Waals surface area contributed by atoms with Crippen LogP contribution >= 0.6 is 0 Å². The van der Waals surface area contributed by atoms with E-state index in [1.807, 2.05) is 48.5 Å². The van der Waals surface area contributed by atoms with Gasteiger partial charge in [0.25, 0.3) is 0 Å². The van der Waals surface area contributed by atoms with Crippen LogP contribution in [0, 0.1) is 0 Å². The topological polar surface area (TPSA) is 75.8 Å². The molecule has 0 aliphatic carbocycles. The van der Waals surface area contributed by atoms with Crippen LogP contribution in [0.2, 0.25) is 0 Å². The van der Waals surface area contributed by atoms with Gasteiger partial charge in [-0.2, -0.15) is 10.2 Å². The first-order valence-electron chi connectivity index (χ1n) is 12.9. The van der Waals surface area contributed by atoms with Crippen molar-refractivity contribution >= 4 is 23.3 Å². The maximum absolute atomic E-state index is 10.2. The van der Waals surface area contributed by atoms with Gasteiger partial charge in [-0.15, -0.1) is 0 Å². The third-order valence-electron chi connectivity index (χ3n) is 5.60. The zero-order chi connectivity index (χ0) is 25.4. The minimum atomic E-state index is 0.133. The summed E-state index contributed by atoms with van der Waals surface area (Å²) < 4.78 is 11.5. The summed E-state index contributed by atoms with van der Waals surface area (Å²) in [5.41, 5.74) is 2.70. The second kappa shape index (κ2) is 15.4. The summed E-state index contributed by atoms with van der Waals surface area (Å²) in [7, 11) is 0. The monoisotopic (exact) mass is 487 g/mol. The highest BCUT2D eigenvalue weighted by molar-refractivity contribution is 5.86. The second-order valence-electron chi connectivity index (χ2n) is 8.65. The lowest BCUT2D eigenvalue weighted by Crippen LogP contribution is -1.96. The van der Waals surface area contributed by atoms with Crippen molar-refractivity contribution in [2.24, 2.45) is 15.2 Å². The molecule has 0 saturated heterocycles. The Labute approximate surface area is 214 Å². The Morgan fingerprint density at radius 3 is 1.86 bits per heavy atom. The Bertz CT molecular complexity index is 1090. The van der Waals surface area contributed by atoms with E-state index in [2.05, 4.69) is 29.1 Å².